The zero-order valence-corrected chi connectivity index (χ0v) is 12.3. The fourth-order valence-corrected chi connectivity index (χ4v) is 3.66. The van der Waals surface area contributed by atoms with Crippen LogP contribution in [0.15, 0.2) is 0 Å². The van der Waals surface area contributed by atoms with E-state index in [1.54, 1.807) is 0 Å². The van der Waals surface area contributed by atoms with Crippen LogP contribution in [0.5, 0.6) is 0 Å². The molecule has 1 aliphatic heterocycles. The lowest BCUT2D eigenvalue weighted by Gasteiger charge is -2.31. The van der Waals surface area contributed by atoms with Gasteiger partial charge in [0.25, 0.3) is 0 Å². The molecule has 1 N–H and O–H groups in total. The molecule has 1 heterocycles. The summed E-state index contributed by atoms with van der Waals surface area (Å²) in [7, 11) is 0. The lowest BCUT2D eigenvalue weighted by atomic mass is 9.87. The molecule has 1 saturated heterocycles. The van der Waals surface area contributed by atoms with E-state index in [-0.39, 0.29) is 0 Å². The monoisotopic (exact) mass is 250 g/mol. The topological polar surface area (TPSA) is 27.1 Å². The highest BCUT2D eigenvalue weighted by Crippen LogP contribution is 2.29. The molecule has 2 rings (SSSR count). The lowest BCUT2D eigenvalue weighted by molar-refractivity contribution is 0.328. The van der Waals surface area contributed by atoms with Gasteiger partial charge in [-0.1, -0.05) is 33.1 Å². The third kappa shape index (κ3) is 3.49. The van der Waals surface area contributed by atoms with Gasteiger partial charge < -0.3 is 4.90 Å². The zero-order chi connectivity index (χ0) is 13.0. The quantitative estimate of drug-likeness (QED) is 0.574. The van der Waals surface area contributed by atoms with Gasteiger partial charge in [0.15, 0.2) is 0 Å². The minimum Gasteiger partial charge on any atom is -0.360 e. The van der Waals surface area contributed by atoms with E-state index in [2.05, 4.69) is 18.7 Å². The summed E-state index contributed by atoms with van der Waals surface area (Å²) in [5.74, 6) is 3.25. The summed E-state index contributed by atoms with van der Waals surface area (Å²) in [6, 6.07) is 0. The molecule has 0 aromatic rings. The predicted octanol–water partition coefficient (Wildman–Crippen LogP) is 4.30. The van der Waals surface area contributed by atoms with Gasteiger partial charge in [0, 0.05) is 19.0 Å². The van der Waals surface area contributed by atoms with Crippen molar-refractivity contribution in [3.05, 3.63) is 0 Å². The molecule has 1 unspecified atom stereocenters. The molecule has 2 aliphatic rings. The second kappa shape index (κ2) is 6.58. The Bertz CT molecular complexity index is 266. The molecular weight excluding hydrogens is 220 g/mol. The van der Waals surface area contributed by atoms with Gasteiger partial charge >= 0.3 is 0 Å². The molecule has 1 atom stereocenters. The summed E-state index contributed by atoms with van der Waals surface area (Å²) in [6.45, 7) is 6.98. The number of rotatable bonds is 2. The van der Waals surface area contributed by atoms with Crippen LogP contribution in [0.3, 0.4) is 0 Å². The maximum atomic E-state index is 8.47. The smallest absolute Gasteiger partial charge is 0.0989 e. The Morgan fingerprint density at radius 1 is 0.944 bits per heavy atom. The number of nitrogens with zero attached hydrogens (tertiary/aromatic N) is 1. The molecule has 0 aromatic carbocycles. The lowest BCUT2D eigenvalue weighted by Crippen LogP contribution is -2.37. The molecule has 0 spiro atoms. The van der Waals surface area contributed by atoms with Crippen molar-refractivity contribution in [3.63, 3.8) is 0 Å². The van der Waals surface area contributed by atoms with Crippen molar-refractivity contribution >= 4 is 5.84 Å². The Labute approximate surface area is 113 Å². The standard InChI is InChI=1S/C16H30N2/c1-13(2)14-9-6-11-18(12-10-14)16(17)15-7-4-3-5-8-15/h13-15,17H,3-12H2,1-2H3. The average molecular weight is 250 g/mol. The maximum absolute atomic E-state index is 8.47. The van der Waals surface area contributed by atoms with Gasteiger partial charge in [-0.25, -0.2) is 0 Å². The summed E-state index contributed by atoms with van der Waals surface area (Å²) < 4.78 is 0. The summed E-state index contributed by atoms with van der Waals surface area (Å²) in [4.78, 5) is 2.40. The van der Waals surface area contributed by atoms with Crippen molar-refractivity contribution in [2.45, 2.75) is 65.2 Å². The fraction of sp³-hybridized carbons (Fsp3) is 0.938. The first-order chi connectivity index (χ1) is 8.68. The van der Waals surface area contributed by atoms with Crippen LogP contribution in [-0.4, -0.2) is 23.8 Å². The Morgan fingerprint density at radius 2 is 1.67 bits per heavy atom. The fourth-order valence-electron chi connectivity index (χ4n) is 3.66. The molecule has 0 amide bonds. The van der Waals surface area contributed by atoms with Gasteiger partial charge in [-0.05, 0) is 43.9 Å². The third-order valence-electron chi connectivity index (χ3n) is 5.05. The SMILES string of the molecule is CC(C)C1CCCN(C(=N)C2CCCCC2)CC1. The van der Waals surface area contributed by atoms with Crippen LogP contribution in [0, 0.1) is 23.2 Å². The molecule has 0 aromatic heterocycles. The summed E-state index contributed by atoms with van der Waals surface area (Å²) >= 11 is 0. The molecule has 104 valence electrons. The van der Waals surface area contributed by atoms with Crippen LogP contribution < -0.4 is 0 Å². The highest BCUT2D eigenvalue weighted by Gasteiger charge is 2.25. The van der Waals surface area contributed by atoms with Gasteiger partial charge in [-0.3, -0.25) is 5.41 Å². The zero-order valence-electron chi connectivity index (χ0n) is 12.3. The molecule has 18 heavy (non-hydrogen) atoms. The van der Waals surface area contributed by atoms with E-state index in [4.69, 9.17) is 5.41 Å². The summed E-state index contributed by atoms with van der Waals surface area (Å²) in [5, 5.41) is 8.47. The highest BCUT2D eigenvalue weighted by atomic mass is 15.2. The normalized spacial score (nSPS) is 27.3. The summed E-state index contributed by atoms with van der Waals surface area (Å²) in [6.07, 6.45) is 10.6. The van der Waals surface area contributed by atoms with Crippen LogP contribution in [0.4, 0.5) is 0 Å². The molecule has 0 bridgehead atoms. The van der Waals surface area contributed by atoms with Crippen molar-refractivity contribution in [1.29, 1.82) is 5.41 Å². The van der Waals surface area contributed by atoms with Crippen LogP contribution in [0.25, 0.3) is 0 Å². The van der Waals surface area contributed by atoms with E-state index in [9.17, 15) is 0 Å². The number of amidine groups is 1. The third-order valence-corrected chi connectivity index (χ3v) is 5.05. The van der Waals surface area contributed by atoms with Crippen molar-refractivity contribution in [2.24, 2.45) is 17.8 Å². The molecule has 0 radical (unpaired) electrons. The summed E-state index contributed by atoms with van der Waals surface area (Å²) in [5.41, 5.74) is 0. The minimum absolute atomic E-state index is 0.578. The molecule has 2 nitrogen and oxygen atoms in total. The Balaban J connectivity index is 1.86. The Hall–Kier alpha value is -0.530. The first-order valence-electron chi connectivity index (χ1n) is 8.02. The largest absolute Gasteiger partial charge is 0.360 e. The van der Waals surface area contributed by atoms with Crippen molar-refractivity contribution < 1.29 is 0 Å². The number of hydrogen-bond donors (Lipinski definition) is 1. The van der Waals surface area contributed by atoms with Gasteiger partial charge in [-0.15, -0.1) is 0 Å². The number of nitrogens with one attached hydrogen (secondary N) is 1. The first kappa shape index (κ1) is 13.9. The van der Waals surface area contributed by atoms with E-state index in [1.807, 2.05) is 0 Å². The van der Waals surface area contributed by atoms with Crippen molar-refractivity contribution in [3.8, 4) is 0 Å². The van der Waals surface area contributed by atoms with Crippen LogP contribution in [-0.2, 0) is 0 Å². The molecule has 2 heteroatoms. The highest BCUT2D eigenvalue weighted by molar-refractivity contribution is 5.81. The van der Waals surface area contributed by atoms with E-state index in [1.165, 1.54) is 51.4 Å². The van der Waals surface area contributed by atoms with Gasteiger partial charge in [0.05, 0.1) is 5.84 Å². The molecular formula is C16H30N2. The Morgan fingerprint density at radius 3 is 2.33 bits per heavy atom. The van der Waals surface area contributed by atoms with E-state index >= 15 is 0 Å². The first-order valence-corrected chi connectivity index (χ1v) is 8.02. The maximum Gasteiger partial charge on any atom is 0.0989 e. The molecule has 1 aliphatic carbocycles. The minimum atomic E-state index is 0.578. The number of hydrogen-bond acceptors (Lipinski definition) is 1. The van der Waals surface area contributed by atoms with Crippen molar-refractivity contribution in [2.75, 3.05) is 13.1 Å². The average Bonchev–Trinajstić information content (AvgIpc) is 2.64. The molecule has 1 saturated carbocycles. The Kier molecular flexibility index (Phi) is 5.08. The van der Waals surface area contributed by atoms with Gasteiger partial charge in [-0.2, -0.15) is 0 Å². The molecule has 2 fully saturated rings. The van der Waals surface area contributed by atoms with Gasteiger partial charge in [0.2, 0.25) is 0 Å². The van der Waals surface area contributed by atoms with E-state index in [0.717, 1.165) is 30.8 Å². The van der Waals surface area contributed by atoms with E-state index in [0.29, 0.717) is 5.92 Å². The second-order valence-electron chi connectivity index (χ2n) is 6.64. The van der Waals surface area contributed by atoms with Gasteiger partial charge in [0.1, 0.15) is 0 Å². The van der Waals surface area contributed by atoms with Crippen LogP contribution in [0.2, 0.25) is 0 Å². The number of likely N-dealkylation sites (tertiary alicyclic amines) is 1. The van der Waals surface area contributed by atoms with Crippen molar-refractivity contribution in [1.82, 2.24) is 4.90 Å². The van der Waals surface area contributed by atoms with Crippen LogP contribution >= 0.6 is 0 Å². The predicted molar refractivity (Wildman–Crippen MR) is 78.1 cm³/mol. The van der Waals surface area contributed by atoms with Crippen LogP contribution in [0.1, 0.15) is 65.2 Å². The second-order valence-corrected chi connectivity index (χ2v) is 6.64. The van der Waals surface area contributed by atoms with E-state index < -0.39 is 0 Å².